The van der Waals surface area contributed by atoms with Crippen LogP contribution >= 0.6 is 15.9 Å². The molecule has 0 aliphatic heterocycles. The van der Waals surface area contributed by atoms with Crippen molar-refractivity contribution in [2.24, 2.45) is 7.05 Å². The summed E-state index contributed by atoms with van der Waals surface area (Å²) < 4.78 is 2.56. The molecule has 1 heterocycles. The number of hydrogen-bond donors (Lipinski definition) is 0. The number of benzene rings is 1. The summed E-state index contributed by atoms with van der Waals surface area (Å²) in [5.74, 6) is 0.521. The van der Waals surface area contributed by atoms with Crippen LogP contribution < -0.4 is 4.90 Å². The van der Waals surface area contributed by atoms with Gasteiger partial charge in [-0.1, -0.05) is 41.1 Å². The Balaban J connectivity index is 2.40. The molecule has 0 aliphatic carbocycles. The zero-order chi connectivity index (χ0) is 15.6. The molecule has 7 heteroatoms. The van der Waals surface area contributed by atoms with E-state index in [9.17, 15) is 10.1 Å². The molecule has 0 saturated heterocycles. The maximum Gasteiger partial charge on any atom is 0.334 e. The summed E-state index contributed by atoms with van der Waals surface area (Å²) in [4.78, 5) is 12.9. The Morgan fingerprint density at radius 2 is 2.10 bits per heavy atom. The molecule has 0 atom stereocenters. The normalized spacial score (nSPS) is 10.7. The molecule has 0 fully saturated rings. The van der Waals surface area contributed by atoms with Crippen molar-refractivity contribution in [1.29, 1.82) is 0 Å². The highest BCUT2D eigenvalue weighted by atomic mass is 79.9. The van der Waals surface area contributed by atoms with Crippen LogP contribution in [-0.2, 0) is 20.0 Å². The Bertz CT molecular complexity index is 669. The van der Waals surface area contributed by atoms with Crippen molar-refractivity contribution < 1.29 is 4.92 Å². The van der Waals surface area contributed by atoms with E-state index >= 15 is 0 Å². The molecule has 1 aromatic carbocycles. The Morgan fingerprint density at radius 3 is 2.67 bits per heavy atom. The van der Waals surface area contributed by atoms with Gasteiger partial charge in [-0.3, -0.25) is 10.1 Å². The van der Waals surface area contributed by atoms with Gasteiger partial charge in [-0.05, 0) is 18.1 Å². The molecule has 0 saturated carbocycles. The second-order valence-electron chi connectivity index (χ2n) is 4.80. The van der Waals surface area contributed by atoms with Crippen LogP contribution in [0.4, 0.5) is 11.5 Å². The number of halogens is 1. The molecule has 21 heavy (non-hydrogen) atoms. The molecule has 0 unspecified atom stereocenters. The van der Waals surface area contributed by atoms with Gasteiger partial charge in [-0.2, -0.15) is 5.10 Å². The van der Waals surface area contributed by atoms with E-state index in [2.05, 4.69) is 21.0 Å². The van der Waals surface area contributed by atoms with Gasteiger partial charge in [-0.25, -0.2) is 4.68 Å². The Labute approximate surface area is 131 Å². The molecule has 0 spiro atoms. The molecule has 6 nitrogen and oxygen atoms in total. The minimum absolute atomic E-state index is 0.0922. The predicted molar refractivity (Wildman–Crippen MR) is 85.5 cm³/mol. The van der Waals surface area contributed by atoms with Crippen LogP contribution in [0.3, 0.4) is 0 Å². The van der Waals surface area contributed by atoms with E-state index in [1.807, 2.05) is 43.1 Å². The largest absolute Gasteiger partial charge is 0.350 e. The summed E-state index contributed by atoms with van der Waals surface area (Å²) in [7, 11) is 3.57. The summed E-state index contributed by atoms with van der Waals surface area (Å²) >= 11 is 3.50. The third-order valence-electron chi connectivity index (χ3n) is 3.31. The van der Waals surface area contributed by atoms with E-state index in [0.717, 1.165) is 10.0 Å². The van der Waals surface area contributed by atoms with Crippen molar-refractivity contribution in [1.82, 2.24) is 9.78 Å². The summed E-state index contributed by atoms with van der Waals surface area (Å²) in [6.45, 7) is 2.43. The molecule has 2 aromatic rings. The third-order valence-corrected chi connectivity index (χ3v) is 4.08. The Morgan fingerprint density at radius 1 is 1.43 bits per heavy atom. The molecular formula is C14H17BrN4O2. The van der Waals surface area contributed by atoms with E-state index in [4.69, 9.17) is 0 Å². The first-order valence-electron chi connectivity index (χ1n) is 6.60. The molecule has 0 amide bonds. The number of aromatic nitrogens is 2. The van der Waals surface area contributed by atoms with Crippen molar-refractivity contribution in [3.05, 3.63) is 50.1 Å². The number of rotatable bonds is 5. The van der Waals surface area contributed by atoms with Crippen molar-refractivity contribution in [3.8, 4) is 0 Å². The molecule has 0 bridgehead atoms. The minimum atomic E-state index is -0.349. The van der Waals surface area contributed by atoms with Gasteiger partial charge in [0.05, 0.1) is 4.92 Å². The Hall–Kier alpha value is -1.89. The fourth-order valence-corrected chi connectivity index (χ4v) is 2.78. The van der Waals surface area contributed by atoms with Gasteiger partial charge in [0.25, 0.3) is 0 Å². The molecule has 2 rings (SSSR count). The zero-order valence-corrected chi connectivity index (χ0v) is 13.8. The second-order valence-corrected chi connectivity index (χ2v) is 5.65. The molecule has 0 radical (unpaired) electrons. The van der Waals surface area contributed by atoms with Crippen LogP contribution in [0.1, 0.15) is 18.2 Å². The monoisotopic (exact) mass is 352 g/mol. The van der Waals surface area contributed by atoms with Gasteiger partial charge in [0.1, 0.15) is 5.69 Å². The molecule has 1 aromatic heterocycles. The topological polar surface area (TPSA) is 64.2 Å². The van der Waals surface area contributed by atoms with Crippen LogP contribution in [0.5, 0.6) is 0 Å². The first-order valence-corrected chi connectivity index (χ1v) is 7.39. The van der Waals surface area contributed by atoms with Gasteiger partial charge in [0.2, 0.25) is 5.82 Å². The highest BCUT2D eigenvalue weighted by Crippen LogP contribution is 2.32. The lowest BCUT2D eigenvalue weighted by Crippen LogP contribution is -2.20. The smallest absolute Gasteiger partial charge is 0.334 e. The van der Waals surface area contributed by atoms with Crippen LogP contribution in [0.2, 0.25) is 0 Å². The maximum atomic E-state index is 11.4. The van der Waals surface area contributed by atoms with Crippen LogP contribution in [0.15, 0.2) is 28.7 Å². The highest BCUT2D eigenvalue weighted by molar-refractivity contribution is 9.10. The van der Waals surface area contributed by atoms with E-state index in [1.165, 1.54) is 0 Å². The number of nitro groups is 1. The Kier molecular flexibility index (Phi) is 4.62. The molecule has 0 aliphatic rings. The minimum Gasteiger partial charge on any atom is -0.350 e. The van der Waals surface area contributed by atoms with Crippen LogP contribution in [0, 0.1) is 10.1 Å². The maximum absolute atomic E-state index is 11.4. The molecule has 112 valence electrons. The predicted octanol–water partition coefficient (Wildman–Crippen LogP) is 3.29. The first kappa shape index (κ1) is 15.5. The molecule has 0 N–H and O–H groups in total. The lowest BCUT2D eigenvalue weighted by atomic mass is 10.2. The van der Waals surface area contributed by atoms with Crippen molar-refractivity contribution in [2.75, 3.05) is 11.9 Å². The third kappa shape index (κ3) is 3.07. The first-order chi connectivity index (χ1) is 9.95. The van der Waals surface area contributed by atoms with E-state index in [1.54, 1.807) is 11.7 Å². The van der Waals surface area contributed by atoms with E-state index in [-0.39, 0.29) is 10.6 Å². The summed E-state index contributed by atoms with van der Waals surface area (Å²) in [6.07, 6.45) is 0.535. The number of aryl methyl sites for hydroxylation is 2. The van der Waals surface area contributed by atoms with E-state index in [0.29, 0.717) is 24.5 Å². The standard InChI is InChI=1S/C14H17BrN4O2/c1-4-12-13(19(20)21)14(18(3)16-12)17(2)9-10-7-5-6-8-11(10)15/h5-8H,4,9H2,1-3H3. The SMILES string of the molecule is CCc1nn(C)c(N(C)Cc2ccccc2Br)c1[N+](=O)[O-]. The fraction of sp³-hybridized carbons (Fsp3) is 0.357. The van der Waals surface area contributed by atoms with Crippen molar-refractivity contribution >= 4 is 27.4 Å². The fourth-order valence-electron chi connectivity index (χ4n) is 2.37. The van der Waals surface area contributed by atoms with E-state index < -0.39 is 0 Å². The van der Waals surface area contributed by atoms with Gasteiger partial charge >= 0.3 is 5.69 Å². The summed E-state index contributed by atoms with van der Waals surface area (Å²) in [6, 6.07) is 7.83. The van der Waals surface area contributed by atoms with Crippen LogP contribution in [0.25, 0.3) is 0 Å². The van der Waals surface area contributed by atoms with Gasteiger partial charge in [0.15, 0.2) is 0 Å². The number of nitrogens with zero attached hydrogens (tertiary/aromatic N) is 4. The van der Waals surface area contributed by atoms with Gasteiger partial charge in [0, 0.05) is 25.1 Å². The van der Waals surface area contributed by atoms with Crippen LogP contribution in [-0.4, -0.2) is 21.8 Å². The average Bonchev–Trinajstić information content (AvgIpc) is 2.78. The number of anilines is 1. The molecular weight excluding hydrogens is 336 g/mol. The zero-order valence-electron chi connectivity index (χ0n) is 12.2. The lowest BCUT2D eigenvalue weighted by molar-refractivity contribution is -0.384. The van der Waals surface area contributed by atoms with Gasteiger partial charge in [-0.15, -0.1) is 0 Å². The highest BCUT2D eigenvalue weighted by Gasteiger charge is 2.28. The average molecular weight is 353 g/mol. The quantitative estimate of drug-likeness (QED) is 0.611. The lowest BCUT2D eigenvalue weighted by Gasteiger charge is -2.19. The van der Waals surface area contributed by atoms with Crippen molar-refractivity contribution in [3.63, 3.8) is 0 Å². The van der Waals surface area contributed by atoms with Gasteiger partial charge < -0.3 is 4.90 Å². The second kappa shape index (κ2) is 6.26. The summed E-state index contributed by atoms with van der Waals surface area (Å²) in [5, 5.41) is 15.6. The summed E-state index contributed by atoms with van der Waals surface area (Å²) in [5.41, 5.74) is 1.67. The van der Waals surface area contributed by atoms with Crippen molar-refractivity contribution in [2.45, 2.75) is 19.9 Å². The number of hydrogen-bond acceptors (Lipinski definition) is 4.